The van der Waals surface area contributed by atoms with Crippen molar-refractivity contribution < 1.29 is 25.2 Å². The third-order valence-corrected chi connectivity index (χ3v) is 1.96. The van der Waals surface area contributed by atoms with Gasteiger partial charge in [-0.15, -0.1) is 0 Å². The Morgan fingerprint density at radius 3 is 1.25 bits per heavy atom. The third-order valence-electron chi connectivity index (χ3n) is 0.532. The van der Waals surface area contributed by atoms with Gasteiger partial charge in [0.15, 0.2) is 0 Å². The highest BCUT2D eigenvalue weighted by atomic mass is 35.7. The first-order valence-electron chi connectivity index (χ1n) is 2.39. The summed E-state index contributed by atoms with van der Waals surface area (Å²) in [5.41, 5.74) is 0. The van der Waals surface area contributed by atoms with E-state index in [9.17, 15) is 16.8 Å². The van der Waals surface area contributed by atoms with E-state index in [1.54, 1.807) is 0 Å². The fraction of sp³-hybridized carbons (Fsp3) is 1.00. The normalized spacial score (nSPS) is 13.2. The summed E-state index contributed by atoms with van der Waals surface area (Å²) in [5.74, 6) is 0. The lowest BCUT2D eigenvalue weighted by Gasteiger charge is -1.97. The van der Waals surface area contributed by atoms with Crippen LogP contribution >= 0.6 is 21.4 Å². The molecule has 0 unspecified atom stereocenters. The first kappa shape index (κ1) is 12.4. The molecule has 0 aliphatic heterocycles. The van der Waals surface area contributed by atoms with Crippen molar-refractivity contribution in [3.8, 4) is 0 Å². The minimum atomic E-state index is -4.09. The van der Waals surface area contributed by atoms with Crippen molar-refractivity contribution in [2.45, 2.75) is 0 Å². The van der Waals surface area contributed by atoms with Crippen LogP contribution in [0.4, 0.5) is 0 Å². The van der Waals surface area contributed by atoms with E-state index >= 15 is 0 Å². The molecule has 0 saturated heterocycles. The number of hydrogen-bond acceptors (Lipinski definition) is 6. The second-order valence-corrected chi connectivity index (χ2v) is 5.74. The smallest absolute Gasteiger partial charge is 0.255 e. The first-order chi connectivity index (χ1) is 5.21. The summed E-state index contributed by atoms with van der Waals surface area (Å²) in [5, 5.41) is 0. The van der Waals surface area contributed by atoms with E-state index in [1.807, 2.05) is 0 Å². The third kappa shape index (κ3) is 10.4. The van der Waals surface area contributed by atoms with Gasteiger partial charge in [0.1, 0.15) is 0 Å². The second kappa shape index (κ2) is 4.58. The molecule has 0 aromatic heterocycles. The molecule has 0 spiro atoms. The van der Waals surface area contributed by atoms with E-state index in [0.717, 1.165) is 0 Å². The molecule has 0 atom stereocenters. The molecule has 0 fully saturated rings. The Hall–Kier alpha value is 0.400. The molecule has 0 aliphatic carbocycles. The van der Waals surface area contributed by atoms with Gasteiger partial charge in [-0.3, -0.25) is 8.37 Å². The molecule has 0 radical (unpaired) electrons. The molecule has 74 valence electrons. The van der Waals surface area contributed by atoms with Gasteiger partial charge in [0.05, 0.1) is 13.2 Å². The molecule has 6 nitrogen and oxygen atoms in total. The van der Waals surface area contributed by atoms with Gasteiger partial charge >= 0.3 is 18.7 Å². The largest absolute Gasteiger partial charge is 0.355 e. The average molecular weight is 259 g/mol. The Balaban J connectivity index is 3.62. The van der Waals surface area contributed by atoms with Crippen LogP contribution in [0, 0.1) is 0 Å². The lowest BCUT2D eigenvalue weighted by Crippen LogP contribution is -2.08. The molecule has 0 heterocycles. The van der Waals surface area contributed by atoms with Gasteiger partial charge in [0, 0.05) is 21.4 Å². The number of halogens is 2. The SMILES string of the molecule is O=S(=O)(Cl)OCCOS(=O)(=O)Cl. The predicted molar refractivity (Wildman–Crippen MR) is 41.4 cm³/mol. The summed E-state index contributed by atoms with van der Waals surface area (Å²) in [6, 6.07) is 0. The summed E-state index contributed by atoms with van der Waals surface area (Å²) < 4.78 is 48.1. The molecule has 0 aromatic rings. The van der Waals surface area contributed by atoms with Gasteiger partial charge in [-0.1, -0.05) is 0 Å². The van der Waals surface area contributed by atoms with E-state index in [-0.39, 0.29) is 0 Å². The maximum atomic E-state index is 10.1. The van der Waals surface area contributed by atoms with Crippen LogP contribution in [0.15, 0.2) is 0 Å². The van der Waals surface area contributed by atoms with E-state index < -0.39 is 31.9 Å². The van der Waals surface area contributed by atoms with Crippen molar-refractivity contribution in [2.24, 2.45) is 0 Å². The summed E-state index contributed by atoms with van der Waals surface area (Å²) in [6.07, 6.45) is 0. The molecule has 0 bridgehead atoms. The van der Waals surface area contributed by atoms with Crippen LogP contribution in [-0.4, -0.2) is 30.0 Å². The highest BCUT2D eigenvalue weighted by molar-refractivity contribution is 8.10. The van der Waals surface area contributed by atoms with Gasteiger partial charge in [0.25, 0.3) is 0 Å². The molecule has 12 heavy (non-hydrogen) atoms. The zero-order chi connectivity index (χ0) is 9.83. The minimum Gasteiger partial charge on any atom is -0.255 e. The van der Waals surface area contributed by atoms with Crippen molar-refractivity contribution in [1.29, 1.82) is 0 Å². The Labute approximate surface area is 78.6 Å². The predicted octanol–water partition coefficient (Wildman–Crippen LogP) is -0.0132. The summed E-state index contributed by atoms with van der Waals surface area (Å²) in [7, 11) is 1.02. The molecule has 0 rings (SSSR count). The van der Waals surface area contributed by atoms with Gasteiger partial charge in [-0.05, 0) is 0 Å². The van der Waals surface area contributed by atoms with E-state index in [2.05, 4.69) is 29.7 Å². The topological polar surface area (TPSA) is 86.7 Å². The lowest BCUT2D eigenvalue weighted by atomic mass is 10.8. The van der Waals surface area contributed by atoms with Crippen LogP contribution in [0.1, 0.15) is 0 Å². The van der Waals surface area contributed by atoms with Crippen molar-refractivity contribution in [1.82, 2.24) is 0 Å². The van der Waals surface area contributed by atoms with Crippen LogP contribution < -0.4 is 0 Å². The Morgan fingerprint density at radius 2 is 1.08 bits per heavy atom. The van der Waals surface area contributed by atoms with Crippen LogP contribution in [0.2, 0.25) is 0 Å². The molecular weight excluding hydrogens is 255 g/mol. The van der Waals surface area contributed by atoms with E-state index in [0.29, 0.717) is 0 Å². The molecule has 0 aromatic carbocycles. The fourth-order valence-corrected chi connectivity index (χ4v) is 1.18. The van der Waals surface area contributed by atoms with Gasteiger partial charge < -0.3 is 0 Å². The van der Waals surface area contributed by atoms with Gasteiger partial charge in [0.2, 0.25) is 0 Å². The van der Waals surface area contributed by atoms with Gasteiger partial charge in [-0.2, -0.15) is 16.8 Å². The molecule has 0 aliphatic rings. The molecule has 0 saturated carbocycles. The molecule has 0 amide bonds. The maximum Gasteiger partial charge on any atom is 0.355 e. The van der Waals surface area contributed by atoms with Crippen LogP contribution in [0.25, 0.3) is 0 Å². The van der Waals surface area contributed by atoms with Crippen LogP contribution in [0.3, 0.4) is 0 Å². The number of rotatable bonds is 5. The van der Waals surface area contributed by atoms with E-state index in [4.69, 9.17) is 0 Å². The Kier molecular flexibility index (Phi) is 4.74. The Bertz CT molecular complexity index is 281. The van der Waals surface area contributed by atoms with E-state index in [1.165, 1.54) is 0 Å². The standard InChI is InChI=1S/C2H4Cl2O6S2/c3-11(5,6)9-1-2-10-12(4,7)8/h1-2H2. The fourth-order valence-electron chi connectivity index (χ4n) is 0.267. The average Bonchev–Trinajstić information content (AvgIpc) is 1.76. The Morgan fingerprint density at radius 1 is 0.833 bits per heavy atom. The van der Waals surface area contributed by atoms with Crippen molar-refractivity contribution >= 4 is 40.0 Å². The quantitative estimate of drug-likeness (QED) is 0.509. The van der Waals surface area contributed by atoms with Crippen molar-refractivity contribution in [3.05, 3.63) is 0 Å². The lowest BCUT2D eigenvalue weighted by molar-refractivity contribution is 0.233. The first-order valence-corrected chi connectivity index (χ1v) is 6.85. The summed E-state index contributed by atoms with van der Waals surface area (Å²) in [6.45, 7) is -1.03. The maximum absolute atomic E-state index is 10.1. The monoisotopic (exact) mass is 258 g/mol. The van der Waals surface area contributed by atoms with Crippen LogP contribution in [-0.2, 0) is 27.0 Å². The molecular formula is C2H4Cl2O6S2. The van der Waals surface area contributed by atoms with Crippen molar-refractivity contribution in [3.63, 3.8) is 0 Å². The van der Waals surface area contributed by atoms with Gasteiger partial charge in [-0.25, -0.2) is 0 Å². The minimum absolute atomic E-state index is 0.516. The molecule has 10 heteroatoms. The summed E-state index contributed by atoms with van der Waals surface area (Å²) in [4.78, 5) is 0. The summed E-state index contributed by atoms with van der Waals surface area (Å²) >= 11 is 0. The zero-order valence-electron chi connectivity index (χ0n) is 5.44. The van der Waals surface area contributed by atoms with Crippen molar-refractivity contribution in [2.75, 3.05) is 13.2 Å². The highest BCUT2D eigenvalue weighted by Gasteiger charge is 2.07. The zero-order valence-corrected chi connectivity index (χ0v) is 8.58. The second-order valence-electron chi connectivity index (χ2n) is 1.43. The highest BCUT2D eigenvalue weighted by Crippen LogP contribution is 2.01. The number of hydrogen-bond donors (Lipinski definition) is 0. The molecule has 0 N–H and O–H groups in total. The van der Waals surface area contributed by atoms with Crippen LogP contribution in [0.5, 0.6) is 0 Å².